The highest BCUT2D eigenvalue weighted by atomic mass is 16.3. The van der Waals surface area contributed by atoms with Crippen molar-refractivity contribution in [2.45, 2.75) is 13.8 Å². The Kier molecular flexibility index (Phi) is 3.42. The van der Waals surface area contributed by atoms with Crippen molar-refractivity contribution in [2.75, 3.05) is 11.1 Å². The highest BCUT2D eigenvalue weighted by Gasteiger charge is 2.10. The first-order chi connectivity index (χ1) is 8.97. The molecule has 0 saturated heterocycles. The topological polar surface area (TPSA) is 75.4 Å². The summed E-state index contributed by atoms with van der Waals surface area (Å²) < 4.78 is 0. The summed E-state index contributed by atoms with van der Waals surface area (Å²) in [6.45, 7) is 3.67. The minimum Gasteiger partial charge on any atom is -0.508 e. The van der Waals surface area contributed by atoms with Crippen molar-refractivity contribution in [1.29, 1.82) is 0 Å². The fourth-order valence-corrected chi connectivity index (χ4v) is 1.80. The molecule has 0 unspecified atom stereocenters. The molecule has 0 aliphatic carbocycles. The number of anilines is 2. The minimum absolute atomic E-state index is 0.202. The molecule has 2 aromatic carbocycles. The number of carbonyl (C=O) groups is 1. The molecule has 2 aromatic rings. The zero-order valence-electron chi connectivity index (χ0n) is 10.9. The van der Waals surface area contributed by atoms with Crippen LogP contribution in [0, 0.1) is 13.8 Å². The van der Waals surface area contributed by atoms with E-state index in [0.717, 1.165) is 5.56 Å². The molecule has 4 nitrogen and oxygen atoms in total. The maximum atomic E-state index is 12.1. The molecule has 0 radical (unpaired) electrons. The summed E-state index contributed by atoms with van der Waals surface area (Å²) in [6, 6.07) is 10.2. The fourth-order valence-electron chi connectivity index (χ4n) is 1.80. The first-order valence-corrected chi connectivity index (χ1v) is 5.94. The summed E-state index contributed by atoms with van der Waals surface area (Å²) >= 11 is 0. The molecule has 4 N–H and O–H groups in total. The number of phenolic OH excluding ortho intramolecular Hbond substituents is 1. The molecule has 0 aromatic heterocycles. The van der Waals surface area contributed by atoms with Crippen molar-refractivity contribution in [3.63, 3.8) is 0 Å². The van der Waals surface area contributed by atoms with E-state index in [9.17, 15) is 9.90 Å². The number of benzene rings is 2. The van der Waals surface area contributed by atoms with Crippen LogP contribution in [-0.4, -0.2) is 11.0 Å². The van der Waals surface area contributed by atoms with Gasteiger partial charge in [0.05, 0.1) is 5.56 Å². The van der Waals surface area contributed by atoms with Crippen LogP contribution in [0.25, 0.3) is 0 Å². The highest BCUT2D eigenvalue weighted by Crippen LogP contribution is 2.21. The van der Waals surface area contributed by atoms with Gasteiger partial charge < -0.3 is 16.2 Å². The molecular formula is C15H16N2O2. The number of carbonyl (C=O) groups excluding carboxylic acids is 1. The second-order valence-corrected chi connectivity index (χ2v) is 4.55. The third kappa shape index (κ3) is 2.85. The second kappa shape index (κ2) is 5.02. The van der Waals surface area contributed by atoms with Crippen molar-refractivity contribution in [3.8, 4) is 5.75 Å². The van der Waals surface area contributed by atoms with E-state index in [4.69, 9.17) is 5.73 Å². The summed E-state index contributed by atoms with van der Waals surface area (Å²) in [5.41, 5.74) is 8.99. The van der Waals surface area contributed by atoms with Crippen LogP contribution in [0.3, 0.4) is 0 Å². The smallest absolute Gasteiger partial charge is 0.257 e. The molecule has 98 valence electrons. The summed E-state index contributed by atoms with van der Waals surface area (Å²) in [5.74, 6) is -0.0561. The van der Waals surface area contributed by atoms with E-state index in [1.165, 1.54) is 0 Å². The second-order valence-electron chi connectivity index (χ2n) is 4.55. The lowest BCUT2D eigenvalue weighted by Gasteiger charge is -2.09. The van der Waals surface area contributed by atoms with Crippen molar-refractivity contribution < 1.29 is 9.90 Å². The fraction of sp³-hybridized carbons (Fsp3) is 0.133. The van der Waals surface area contributed by atoms with Gasteiger partial charge >= 0.3 is 0 Å². The normalized spacial score (nSPS) is 10.2. The third-order valence-electron chi connectivity index (χ3n) is 2.91. The molecule has 0 saturated carbocycles. The zero-order chi connectivity index (χ0) is 14.0. The van der Waals surface area contributed by atoms with Gasteiger partial charge in [-0.3, -0.25) is 4.79 Å². The number of aromatic hydroxyl groups is 1. The molecule has 0 fully saturated rings. The predicted molar refractivity (Wildman–Crippen MR) is 76.4 cm³/mol. The van der Waals surface area contributed by atoms with E-state index in [0.29, 0.717) is 22.5 Å². The number of amides is 1. The van der Waals surface area contributed by atoms with E-state index in [2.05, 4.69) is 5.32 Å². The molecule has 0 bridgehead atoms. The van der Waals surface area contributed by atoms with Crippen LogP contribution < -0.4 is 11.1 Å². The van der Waals surface area contributed by atoms with Gasteiger partial charge in [0.15, 0.2) is 0 Å². The van der Waals surface area contributed by atoms with Gasteiger partial charge in [0, 0.05) is 11.4 Å². The van der Waals surface area contributed by atoms with Gasteiger partial charge in [-0.25, -0.2) is 0 Å². The van der Waals surface area contributed by atoms with Gasteiger partial charge in [0.2, 0.25) is 0 Å². The van der Waals surface area contributed by atoms with E-state index in [1.54, 1.807) is 37.3 Å². The average Bonchev–Trinajstić information content (AvgIpc) is 2.36. The third-order valence-corrected chi connectivity index (χ3v) is 2.91. The molecule has 19 heavy (non-hydrogen) atoms. The summed E-state index contributed by atoms with van der Waals surface area (Å²) in [6.07, 6.45) is 0. The molecule has 0 heterocycles. The van der Waals surface area contributed by atoms with Crippen LogP contribution >= 0.6 is 0 Å². The van der Waals surface area contributed by atoms with Crippen molar-refractivity contribution >= 4 is 17.3 Å². The monoisotopic (exact) mass is 256 g/mol. The Balaban J connectivity index is 2.25. The Hall–Kier alpha value is -2.49. The van der Waals surface area contributed by atoms with Crippen LogP contribution in [0.15, 0.2) is 36.4 Å². The Morgan fingerprint density at radius 3 is 2.58 bits per heavy atom. The van der Waals surface area contributed by atoms with Crippen LogP contribution in [0.5, 0.6) is 5.75 Å². The lowest BCUT2D eigenvalue weighted by atomic mass is 10.1. The quantitative estimate of drug-likeness (QED) is 0.571. The van der Waals surface area contributed by atoms with E-state index >= 15 is 0 Å². The average molecular weight is 256 g/mol. The standard InChI is InChI=1S/C15H16N2O2/c1-9-3-5-13(16)12(7-9)15(19)17-11-4-6-14(18)10(2)8-11/h3-8,18H,16H2,1-2H3,(H,17,19). The number of nitrogens with one attached hydrogen (secondary N) is 1. The number of hydrogen-bond acceptors (Lipinski definition) is 3. The van der Waals surface area contributed by atoms with E-state index < -0.39 is 0 Å². The number of aryl methyl sites for hydroxylation is 2. The highest BCUT2D eigenvalue weighted by molar-refractivity contribution is 6.07. The van der Waals surface area contributed by atoms with Crippen molar-refractivity contribution in [1.82, 2.24) is 0 Å². The summed E-state index contributed by atoms with van der Waals surface area (Å²) in [7, 11) is 0. The summed E-state index contributed by atoms with van der Waals surface area (Å²) in [4.78, 5) is 12.1. The number of nitrogen functional groups attached to an aromatic ring is 1. The SMILES string of the molecule is Cc1ccc(N)c(C(=O)Nc2ccc(O)c(C)c2)c1. The molecule has 0 spiro atoms. The first-order valence-electron chi connectivity index (χ1n) is 5.94. The van der Waals surface area contributed by atoms with Gasteiger partial charge in [0.1, 0.15) is 5.75 Å². The molecule has 0 atom stereocenters. The van der Waals surface area contributed by atoms with Gasteiger partial charge in [-0.05, 0) is 49.7 Å². The minimum atomic E-state index is -0.258. The molecule has 0 aliphatic heterocycles. The Morgan fingerprint density at radius 1 is 1.16 bits per heavy atom. The number of phenols is 1. The lowest BCUT2D eigenvalue weighted by molar-refractivity contribution is 0.102. The van der Waals surface area contributed by atoms with Crippen LogP contribution in [-0.2, 0) is 0 Å². The van der Waals surface area contributed by atoms with Gasteiger partial charge in [0.25, 0.3) is 5.91 Å². The molecule has 1 amide bonds. The number of nitrogens with two attached hydrogens (primary N) is 1. The molecular weight excluding hydrogens is 240 g/mol. The molecule has 4 heteroatoms. The van der Waals surface area contributed by atoms with Gasteiger partial charge in [-0.15, -0.1) is 0 Å². The van der Waals surface area contributed by atoms with Gasteiger partial charge in [-0.2, -0.15) is 0 Å². The number of rotatable bonds is 2. The maximum Gasteiger partial charge on any atom is 0.257 e. The molecule has 2 rings (SSSR count). The van der Waals surface area contributed by atoms with E-state index in [1.807, 2.05) is 13.0 Å². The zero-order valence-corrected chi connectivity index (χ0v) is 10.9. The van der Waals surface area contributed by atoms with Crippen LogP contribution in [0.4, 0.5) is 11.4 Å². The van der Waals surface area contributed by atoms with E-state index in [-0.39, 0.29) is 11.7 Å². The largest absolute Gasteiger partial charge is 0.508 e. The Labute approximate surface area is 111 Å². The predicted octanol–water partition coefficient (Wildman–Crippen LogP) is 2.84. The maximum absolute atomic E-state index is 12.1. The number of hydrogen-bond donors (Lipinski definition) is 3. The molecule has 0 aliphatic rings. The first kappa shape index (κ1) is 13.0. The van der Waals surface area contributed by atoms with Crippen LogP contribution in [0.2, 0.25) is 0 Å². The Bertz CT molecular complexity index is 636. The van der Waals surface area contributed by atoms with Crippen LogP contribution in [0.1, 0.15) is 21.5 Å². The Morgan fingerprint density at radius 2 is 1.89 bits per heavy atom. The summed E-state index contributed by atoms with van der Waals surface area (Å²) in [5, 5.41) is 12.2. The van der Waals surface area contributed by atoms with Crippen molar-refractivity contribution in [3.05, 3.63) is 53.1 Å². The van der Waals surface area contributed by atoms with Gasteiger partial charge in [-0.1, -0.05) is 11.6 Å². The van der Waals surface area contributed by atoms with Crippen molar-refractivity contribution in [2.24, 2.45) is 0 Å². The lowest BCUT2D eigenvalue weighted by Crippen LogP contribution is -2.14.